The summed E-state index contributed by atoms with van der Waals surface area (Å²) in [6.45, 7) is 0.0408. The first-order chi connectivity index (χ1) is 12.4. The van der Waals surface area contributed by atoms with Crippen LogP contribution in [0.5, 0.6) is 0 Å². The van der Waals surface area contributed by atoms with E-state index in [1.165, 1.54) is 16.2 Å². The largest absolute Gasteiger partial charge is 0.394 e. The first kappa shape index (κ1) is 17.9. The van der Waals surface area contributed by atoms with Crippen molar-refractivity contribution in [3.05, 3.63) is 56.7 Å². The number of fused-ring (bicyclic) bond motifs is 1. The molecule has 26 heavy (non-hydrogen) atoms. The zero-order valence-electron chi connectivity index (χ0n) is 14.6. The summed E-state index contributed by atoms with van der Waals surface area (Å²) in [5.74, 6) is 0.419. The first-order valence-electron chi connectivity index (χ1n) is 8.16. The summed E-state index contributed by atoms with van der Waals surface area (Å²) in [6, 6.07) is 9.71. The highest BCUT2D eigenvalue weighted by atomic mass is 16.3. The second-order valence-electron chi connectivity index (χ2n) is 6.19. The molecule has 0 saturated carbocycles. The maximum Gasteiger partial charge on any atom is 0.329 e. The molecule has 0 aliphatic rings. The molecule has 0 bridgehead atoms. The number of anilines is 1. The fourth-order valence-corrected chi connectivity index (χ4v) is 2.88. The average molecular weight is 359 g/mol. The predicted octanol–water partition coefficient (Wildman–Crippen LogP) is -0.587. The van der Waals surface area contributed by atoms with Crippen molar-refractivity contribution in [2.75, 3.05) is 18.6 Å². The molecule has 1 aromatic carbocycles. The van der Waals surface area contributed by atoms with Gasteiger partial charge in [-0.3, -0.25) is 14.3 Å². The van der Waals surface area contributed by atoms with Crippen LogP contribution in [0.1, 0.15) is 5.56 Å². The molecule has 2 aromatic heterocycles. The van der Waals surface area contributed by atoms with Gasteiger partial charge < -0.3 is 19.7 Å². The van der Waals surface area contributed by atoms with E-state index < -0.39 is 24.0 Å². The molecule has 0 aliphatic carbocycles. The van der Waals surface area contributed by atoms with E-state index in [4.69, 9.17) is 0 Å². The molecule has 1 unspecified atom stereocenters. The quantitative estimate of drug-likeness (QED) is 0.542. The molecular weight excluding hydrogens is 338 g/mol. The number of aryl methyl sites for hydroxylation is 1. The predicted molar refractivity (Wildman–Crippen MR) is 97.2 cm³/mol. The molecule has 3 rings (SSSR count). The fourth-order valence-electron chi connectivity index (χ4n) is 2.88. The van der Waals surface area contributed by atoms with Crippen molar-refractivity contribution in [1.82, 2.24) is 19.1 Å². The summed E-state index contributed by atoms with van der Waals surface area (Å²) in [6.07, 6.45) is -1.06. The Balaban J connectivity index is 2.15. The zero-order valence-corrected chi connectivity index (χ0v) is 14.6. The van der Waals surface area contributed by atoms with Gasteiger partial charge in [0.05, 0.1) is 19.3 Å². The average Bonchev–Trinajstić information content (AvgIpc) is 3.00. The Morgan fingerprint density at radius 1 is 1.27 bits per heavy atom. The minimum absolute atomic E-state index is 0.0251. The molecule has 138 valence electrons. The number of benzene rings is 1. The number of nitrogens with zero attached hydrogens (tertiary/aromatic N) is 4. The van der Waals surface area contributed by atoms with Crippen LogP contribution in [-0.2, 0) is 20.1 Å². The molecule has 3 aromatic rings. The molecule has 0 radical (unpaired) electrons. The van der Waals surface area contributed by atoms with Gasteiger partial charge in [-0.25, -0.2) is 4.79 Å². The number of H-pyrrole nitrogens is 1. The Hall–Kier alpha value is -2.91. The number of aromatic nitrogens is 4. The van der Waals surface area contributed by atoms with Crippen LogP contribution in [-0.4, -0.2) is 49.1 Å². The normalized spacial score (nSPS) is 12.5. The molecule has 3 N–H and O–H groups in total. The number of hydrogen-bond acceptors (Lipinski definition) is 6. The summed E-state index contributed by atoms with van der Waals surface area (Å²) in [5, 5.41) is 19.1. The standard InChI is InChI=1S/C17H21N5O4/c1-20(8-11-6-4-3-5-7-11)16-18-14-13(22(16)9-12(24)10-23)15(25)19-17(26)21(14)2/h3-7,12,23-24H,8-10H2,1-2H3,(H,19,25,26). The highest BCUT2D eigenvalue weighted by Crippen LogP contribution is 2.20. The van der Waals surface area contributed by atoms with Crippen molar-refractivity contribution < 1.29 is 10.2 Å². The molecule has 0 spiro atoms. The van der Waals surface area contributed by atoms with Crippen molar-refractivity contribution in [2.24, 2.45) is 7.05 Å². The van der Waals surface area contributed by atoms with Crippen molar-refractivity contribution in [3.8, 4) is 0 Å². The van der Waals surface area contributed by atoms with Crippen LogP contribution in [0.3, 0.4) is 0 Å². The van der Waals surface area contributed by atoms with Gasteiger partial charge in [-0.15, -0.1) is 0 Å². The van der Waals surface area contributed by atoms with E-state index in [2.05, 4.69) is 9.97 Å². The lowest BCUT2D eigenvalue weighted by atomic mass is 10.2. The highest BCUT2D eigenvalue weighted by molar-refractivity contribution is 5.74. The van der Waals surface area contributed by atoms with Crippen molar-refractivity contribution in [3.63, 3.8) is 0 Å². The maximum atomic E-state index is 12.3. The zero-order chi connectivity index (χ0) is 18.8. The third-order valence-electron chi connectivity index (χ3n) is 4.19. The lowest BCUT2D eigenvalue weighted by molar-refractivity contribution is 0.0823. The van der Waals surface area contributed by atoms with Crippen LogP contribution in [0.4, 0.5) is 5.95 Å². The molecule has 1 atom stereocenters. The van der Waals surface area contributed by atoms with Gasteiger partial charge in [0.15, 0.2) is 11.2 Å². The van der Waals surface area contributed by atoms with Gasteiger partial charge in [0.25, 0.3) is 5.56 Å². The Bertz CT molecular complexity index is 1020. The fraction of sp³-hybridized carbons (Fsp3) is 0.353. The van der Waals surface area contributed by atoms with E-state index in [1.54, 1.807) is 0 Å². The molecule has 9 heteroatoms. The van der Waals surface area contributed by atoms with E-state index in [0.717, 1.165) is 5.56 Å². The summed E-state index contributed by atoms with van der Waals surface area (Å²) in [5.41, 5.74) is 0.291. The van der Waals surface area contributed by atoms with Gasteiger partial charge in [0.2, 0.25) is 5.95 Å². The molecule has 0 saturated heterocycles. The summed E-state index contributed by atoms with van der Waals surface area (Å²) >= 11 is 0. The summed E-state index contributed by atoms with van der Waals surface area (Å²) < 4.78 is 2.77. The topological polar surface area (TPSA) is 116 Å². The van der Waals surface area contributed by atoms with Gasteiger partial charge in [-0.1, -0.05) is 30.3 Å². The summed E-state index contributed by atoms with van der Waals surface area (Å²) in [4.78, 5) is 32.7. The van der Waals surface area contributed by atoms with E-state index in [1.807, 2.05) is 42.3 Å². The van der Waals surface area contributed by atoms with E-state index in [0.29, 0.717) is 12.5 Å². The van der Waals surface area contributed by atoms with E-state index in [-0.39, 0.29) is 17.7 Å². The van der Waals surface area contributed by atoms with Gasteiger partial charge >= 0.3 is 5.69 Å². The molecular formula is C17H21N5O4. The third kappa shape index (κ3) is 3.26. The Morgan fingerprint density at radius 2 is 1.96 bits per heavy atom. The van der Waals surface area contributed by atoms with E-state index in [9.17, 15) is 19.8 Å². The van der Waals surface area contributed by atoms with Crippen molar-refractivity contribution in [2.45, 2.75) is 19.2 Å². The number of imidazole rings is 1. The number of nitrogens with one attached hydrogen (secondary N) is 1. The number of aliphatic hydroxyl groups excluding tert-OH is 2. The third-order valence-corrected chi connectivity index (χ3v) is 4.19. The van der Waals surface area contributed by atoms with Crippen LogP contribution < -0.4 is 16.1 Å². The summed E-state index contributed by atoms with van der Waals surface area (Å²) in [7, 11) is 3.32. The van der Waals surface area contributed by atoms with Crippen LogP contribution in [0, 0.1) is 0 Å². The molecule has 9 nitrogen and oxygen atoms in total. The smallest absolute Gasteiger partial charge is 0.329 e. The molecule has 0 fully saturated rings. The second kappa shape index (κ2) is 7.14. The van der Waals surface area contributed by atoms with Gasteiger partial charge in [-0.05, 0) is 5.56 Å². The van der Waals surface area contributed by atoms with Crippen LogP contribution in [0.25, 0.3) is 11.2 Å². The molecule has 2 heterocycles. The lowest BCUT2D eigenvalue weighted by Crippen LogP contribution is -2.31. The van der Waals surface area contributed by atoms with Crippen LogP contribution >= 0.6 is 0 Å². The Morgan fingerprint density at radius 3 is 2.62 bits per heavy atom. The molecule has 0 amide bonds. The van der Waals surface area contributed by atoms with Crippen LogP contribution in [0.15, 0.2) is 39.9 Å². The monoisotopic (exact) mass is 359 g/mol. The number of hydrogen-bond donors (Lipinski definition) is 3. The first-order valence-corrected chi connectivity index (χ1v) is 8.16. The van der Waals surface area contributed by atoms with Gasteiger partial charge in [-0.2, -0.15) is 4.98 Å². The maximum absolute atomic E-state index is 12.3. The number of aliphatic hydroxyl groups is 2. The van der Waals surface area contributed by atoms with Crippen LogP contribution in [0.2, 0.25) is 0 Å². The number of aromatic amines is 1. The van der Waals surface area contributed by atoms with Gasteiger partial charge in [0.1, 0.15) is 0 Å². The highest BCUT2D eigenvalue weighted by Gasteiger charge is 2.21. The number of rotatable bonds is 6. The van der Waals surface area contributed by atoms with E-state index >= 15 is 0 Å². The molecule has 0 aliphatic heterocycles. The van der Waals surface area contributed by atoms with Gasteiger partial charge in [0, 0.05) is 20.6 Å². The minimum Gasteiger partial charge on any atom is -0.394 e. The lowest BCUT2D eigenvalue weighted by Gasteiger charge is -2.21. The SMILES string of the molecule is CN(Cc1ccccc1)c1nc2c(c(=O)[nH]c(=O)n2C)n1CC(O)CO. The Kier molecular flexibility index (Phi) is 4.92. The van der Waals surface area contributed by atoms with Crippen molar-refractivity contribution in [1.29, 1.82) is 0 Å². The Labute approximate surface area is 148 Å². The second-order valence-corrected chi connectivity index (χ2v) is 6.19. The minimum atomic E-state index is -1.06. The van der Waals surface area contributed by atoms with Crippen molar-refractivity contribution >= 4 is 17.1 Å².